The molecule has 0 spiro atoms. The molecule has 3 aromatic carbocycles. The van der Waals surface area contributed by atoms with Crippen molar-refractivity contribution in [3.63, 3.8) is 0 Å². The van der Waals surface area contributed by atoms with Crippen LogP contribution in [-0.4, -0.2) is 35.5 Å². The van der Waals surface area contributed by atoms with Crippen molar-refractivity contribution in [1.82, 2.24) is 10.6 Å². The topological polar surface area (TPSA) is 78.4 Å². The van der Waals surface area contributed by atoms with Crippen molar-refractivity contribution in [2.75, 3.05) is 6.54 Å². The van der Waals surface area contributed by atoms with Crippen LogP contribution in [0.15, 0.2) is 72.8 Å². The molecule has 1 aliphatic carbocycles. The van der Waals surface area contributed by atoms with Crippen molar-refractivity contribution < 1.29 is 23.5 Å². The summed E-state index contributed by atoms with van der Waals surface area (Å²) in [5.41, 5.74) is 3.05. The summed E-state index contributed by atoms with van der Waals surface area (Å²) in [4.78, 5) is 25.5. The Morgan fingerprint density at radius 3 is 2.15 bits per heavy atom. The van der Waals surface area contributed by atoms with Crippen LogP contribution in [0.25, 0.3) is 0 Å². The minimum Gasteiger partial charge on any atom is -0.390 e. The van der Waals surface area contributed by atoms with Crippen LogP contribution < -0.4 is 10.6 Å². The Balaban J connectivity index is 0.00000282. The second-order valence-corrected chi connectivity index (χ2v) is 13.2. The lowest BCUT2D eigenvalue weighted by Crippen LogP contribution is -2.53. The largest absolute Gasteiger partial charge is 0.390 e. The van der Waals surface area contributed by atoms with Gasteiger partial charge >= 0.3 is 0 Å². The molecular weight excluding hydrogens is 582 g/mol. The number of halogens is 2. The van der Waals surface area contributed by atoms with Gasteiger partial charge in [0.05, 0.1) is 12.1 Å². The average Bonchev–Trinajstić information content (AvgIpc) is 3.04. The number of aliphatic hydroxyl groups is 1. The molecule has 2 atom stereocenters. The number of aliphatic hydroxyl groups excluding tert-OH is 1. The predicted molar refractivity (Wildman–Crippen MR) is 182 cm³/mol. The Morgan fingerprint density at radius 2 is 1.52 bits per heavy atom. The van der Waals surface area contributed by atoms with Crippen molar-refractivity contribution in [2.24, 2.45) is 0 Å². The summed E-state index contributed by atoms with van der Waals surface area (Å²) in [7, 11) is 0. The smallest absolute Gasteiger partial charge is 0.220 e. The molecule has 1 saturated carbocycles. The highest BCUT2D eigenvalue weighted by Crippen LogP contribution is 2.38. The molecular formula is C39H52F2N2O3. The number of rotatable bonds is 13. The number of carbonyl (C=O) groups excluding carboxylic acids is 2. The lowest BCUT2D eigenvalue weighted by atomic mass is 9.74. The average molecular weight is 635 g/mol. The fourth-order valence-corrected chi connectivity index (χ4v) is 6.17. The van der Waals surface area contributed by atoms with Gasteiger partial charge < -0.3 is 15.7 Å². The van der Waals surface area contributed by atoms with Gasteiger partial charge in [-0.2, -0.15) is 0 Å². The van der Waals surface area contributed by atoms with E-state index < -0.39 is 23.8 Å². The standard InChI is InChI=1S/C37H46F2N2O3.C2H6/c1-36(2,3)28-14-10-15-29(23-28)37(18-8-5-9-19-37)40-25-34(43)32(22-26-20-30(38)24-31(39)21-26)41-35(44)17-11-16-33(42)27-12-6-4-7-13-27;1-2/h4,6-7,10,12-15,20-21,23-24,32,34,40,43H,5,8-9,11,16-19,22,25H2,1-3H3,(H,41,44);1-2H3. The summed E-state index contributed by atoms with van der Waals surface area (Å²) >= 11 is 0. The monoisotopic (exact) mass is 634 g/mol. The van der Waals surface area contributed by atoms with E-state index in [0.29, 0.717) is 17.5 Å². The molecule has 46 heavy (non-hydrogen) atoms. The van der Waals surface area contributed by atoms with Crippen LogP contribution in [-0.2, 0) is 22.2 Å². The van der Waals surface area contributed by atoms with Crippen molar-refractivity contribution in [2.45, 2.75) is 116 Å². The summed E-state index contributed by atoms with van der Waals surface area (Å²) in [6.45, 7) is 10.8. The van der Waals surface area contributed by atoms with E-state index in [-0.39, 0.29) is 48.5 Å². The molecule has 0 heterocycles. The third-order valence-electron chi connectivity index (χ3n) is 8.73. The number of carbonyl (C=O) groups is 2. The molecule has 0 bridgehead atoms. The number of amides is 1. The van der Waals surface area contributed by atoms with Gasteiger partial charge in [0, 0.05) is 36.6 Å². The van der Waals surface area contributed by atoms with Gasteiger partial charge in [-0.15, -0.1) is 0 Å². The van der Waals surface area contributed by atoms with E-state index >= 15 is 0 Å². The fraction of sp³-hybridized carbons (Fsp3) is 0.487. The maximum atomic E-state index is 14.0. The van der Waals surface area contributed by atoms with E-state index in [9.17, 15) is 23.5 Å². The maximum absolute atomic E-state index is 14.0. The molecule has 1 aliphatic rings. The van der Waals surface area contributed by atoms with E-state index in [0.717, 1.165) is 38.2 Å². The van der Waals surface area contributed by atoms with Crippen LogP contribution in [0.2, 0.25) is 0 Å². The minimum absolute atomic E-state index is 0.00724. The molecule has 0 aliphatic heterocycles. The quantitative estimate of drug-likeness (QED) is 0.166. The van der Waals surface area contributed by atoms with Crippen LogP contribution in [0.4, 0.5) is 8.78 Å². The Bertz CT molecular complexity index is 1380. The molecule has 0 radical (unpaired) electrons. The highest BCUT2D eigenvalue weighted by molar-refractivity contribution is 5.96. The number of hydrogen-bond acceptors (Lipinski definition) is 4. The number of benzene rings is 3. The van der Waals surface area contributed by atoms with Crippen LogP contribution >= 0.6 is 0 Å². The van der Waals surface area contributed by atoms with Gasteiger partial charge in [0.15, 0.2) is 5.78 Å². The van der Waals surface area contributed by atoms with Crippen LogP contribution in [0.5, 0.6) is 0 Å². The summed E-state index contributed by atoms with van der Waals surface area (Å²) in [5, 5.41) is 18.1. The highest BCUT2D eigenvalue weighted by Gasteiger charge is 2.35. The molecule has 4 rings (SSSR count). The van der Waals surface area contributed by atoms with Crippen molar-refractivity contribution in [3.8, 4) is 0 Å². The molecule has 1 fully saturated rings. The molecule has 0 saturated heterocycles. The first-order valence-electron chi connectivity index (χ1n) is 16.8. The van der Waals surface area contributed by atoms with Gasteiger partial charge in [-0.3, -0.25) is 9.59 Å². The first-order chi connectivity index (χ1) is 21.9. The molecule has 1 amide bonds. The third-order valence-corrected chi connectivity index (χ3v) is 8.73. The van der Waals surface area contributed by atoms with Gasteiger partial charge in [-0.05, 0) is 59.9 Å². The van der Waals surface area contributed by atoms with E-state index in [2.05, 4.69) is 55.7 Å². The van der Waals surface area contributed by atoms with Gasteiger partial charge in [-0.1, -0.05) is 108 Å². The minimum atomic E-state index is -1.03. The number of hydrogen-bond donors (Lipinski definition) is 3. The van der Waals surface area contributed by atoms with Crippen molar-refractivity contribution in [3.05, 3.63) is 107 Å². The Hall–Kier alpha value is -3.42. The fourth-order valence-electron chi connectivity index (χ4n) is 6.17. The van der Waals surface area contributed by atoms with Crippen molar-refractivity contribution in [1.29, 1.82) is 0 Å². The van der Waals surface area contributed by atoms with Gasteiger partial charge in [0.1, 0.15) is 11.6 Å². The van der Waals surface area contributed by atoms with Crippen LogP contribution in [0, 0.1) is 11.6 Å². The van der Waals surface area contributed by atoms with Gasteiger partial charge in [0.25, 0.3) is 0 Å². The third kappa shape index (κ3) is 10.8. The second kappa shape index (κ2) is 17.5. The lowest BCUT2D eigenvalue weighted by molar-refractivity contribution is -0.122. The van der Waals surface area contributed by atoms with Gasteiger partial charge in [0.2, 0.25) is 5.91 Å². The zero-order chi connectivity index (χ0) is 33.7. The summed E-state index contributed by atoms with van der Waals surface area (Å²) in [6.07, 6.45) is 4.82. The Kier molecular flexibility index (Phi) is 14.1. The summed E-state index contributed by atoms with van der Waals surface area (Å²) in [5.74, 6) is -1.78. The molecule has 7 heteroatoms. The molecule has 3 aromatic rings. The molecule has 0 aromatic heterocycles. The Morgan fingerprint density at radius 1 is 0.870 bits per heavy atom. The van der Waals surface area contributed by atoms with E-state index in [1.165, 1.54) is 23.3 Å². The molecule has 250 valence electrons. The zero-order valence-corrected chi connectivity index (χ0v) is 28.2. The second-order valence-electron chi connectivity index (χ2n) is 13.2. The predicted octanol–water partition coefficient (Wildman–Crippen LogP) is 8.18. The van der Waals surface area contributed by atoms with Crippen LogP contribution in [0.3, 0.4) is 0 Å². The highest BCUT2D eigenvalue weighted by atomic mass is 19.1. The SMILES string of the molecule is CC.CC(C)(C)c1cccc(C2(NCC(O)C(Cc3cc(F)cc(F)c3)NC(=O)CCCC(=O)c3ccccc3)CCCCC2)c1. The number of ketones is 1. The van der Waals surface area contributed by atoms with E-state index in [4.69, 9.17) is 0 Å². The van der Waals surface area contributed by atoms with E-state index in [1.807, 2.05) is 19.9 Å². The maximum Gasteiger partial charge on any atom is 0.220 e. The van der Waals surface area contributed by atoms with Crippen molar-refractivity contribution >= 4 is 11.7 Å². The van der Waals surface area contributed by atoms with Crippen LogP contribution in [0.1, 0.15) is 113 Å². The Labute approximate surface area is 274 Å². The zero-order valence-electron chi connectivity index (χ0n) is 28.2. The number of nitrogens with one attached hydrogen (secondary N) is 2. The molecule has 3 N–H and O–H groups in total. The number of Topliss-reactive ketones (excluding diaryl/α,β-unsaturated/α-hetero) is 1. The molecule has 2 unspecified atom stereocenters. The van der Waals surface area contributed by atoms with Gasteiger partial charge in [-0.25, -0.2) is 8.78 Å². The summed E-state index contributed by atoms with van der Waals surface area (Å²) in [6, 6.07) is 20.0. The normalized spacial score (nSPS) is 15.7. The van der Waals surface area contributed by atoms with E-state index in [1.54, 1.807) is 24.3 Å². The first kappa shape index (κ1) is 37.0. The first-order valence-corrected chi connectivity index (χ1v) is 16.8. The lowest BCUT2D eigenvalue weighted by Gasteiger charge is -2.41. The summed E-state index contributed by atoms with van der Waals surface area (Å²) < 4.78 is 28.1. The molecule has 5 nitrogen and oxygen atoms in total.